The van der Waals surface area contributed by atoms with Crippen molar-refractivity contribution in [1.82, 2.24) is 0 Å². The highest BCUT2D eigenvalue weighted by Gasteiger charge is 2.10. The van der Waals surface area contributed by atoms with Crippen LogP contribution >= 0.6 is 0 Å². The second-order valence-electron chi connectivity index (χ2n) is 6.42. The summed E-state index contributed by atoms with van der Waals surface area (Å²) in [6.07, 6.45) is 6.33. The molecule has 0 bridgehead atoms. The maximum atomic E-state index is 5.79. The van der Waals surface area contributed by atoms with E-state index in [9.17, 15) is 0 Å². The Bertz CT molecular complexity index is 228. The fourth-order valence-electron chi connectivity index (χ4n) is 2.29. The Kier molecular flexibility index (Phi) is 21.8. The molecule has 0 atom stereocenters. The standard InChI is InChI=1S/C20H42O4Si2/c1-5-11-21-19(22-12-6-2)9-15-25-17-18-26-16-10-20(23-13-7-3)24-14-8-4/h19-20H,5-18H2,1-4H3. The van der Waals surface area contributed by atoms with Crippen LogP contribution in [0.1, 0.15) is 66.2 Å². The van der Waals surface area contributed by atoms with Crippen molar-refractivity contribution in [2.75, 3.05) is 26.4 Å². The van der Waals surface area contributed by atoms with Crippen LogP contribution in [0.25, 0.3) is 0 Å². The van der Waals surface area contributed by atoms with E-state index in [2.05, 4.69) is 27.7 Å². The molecule has 154 valence electrons. The smallest absolute Gasteiger partial charge is 0.157 e. The van der Waals surface area contributed by atoms with Crippen LogP contribution in [0.15, 0.2) is 0 Å². The first-order chi connectivity index (χ1) is 12.8. The van der Waals surface area contributed by atoms with Gasteiger partial charge in [-0.05, 0) is 38.5 Å². The van der Waals surface area contributed by atoms with Crippen LogP contribution in [0.4, 0.5) is 0 Å². The highest BCUT2D eigenvalue weighted by molar-refractivity contribution is 6.42. The maximum Gasteiger partial charge on any atom is 0.157 e. The molecular weight excluding hydrogens is 360 g/mol. The molecule has 0 amide bonds. The van der Waals surface area contributed by atoms with Gasteiger partial charge in [-0.1, -0.05) is 51.9 Å². The Morgan fingerprint density at radius 3 is 1.08 bits per heavy atom. The molecular formula is C20H42O4Si2. The number of hydrogen-bond donors (Lipinski definition) is 0. The topological polar surface area (TPSA) is 36.9 Å². The summed E-state index contributed by atoms with van der Waals surface area (Å²) >= 11 is 0. The lowest BCUT2D eigenvalue weighted by Crippen LogP contribution is -2.19. The molecule has 0 aliphatic carbocycles. The van der Waals surface area contributed by atoms with E-state index in [1.54, 1.807) is 0 Å². The lowest BCUT2D eigenvalue weighted by Gasteiger charge is -2.18. The van der Waals surface area contributed by atoms with Gasteiger partial charge in [0.2, 0.25) is 0 Å². The predicted molar refractivity (Wildman–Crippen MR) is 113 cm³/mol. The Labute approximate surface area is 167 Å². The molecule has 0 rings (SSSR count). The van der Waals surface area contributed by atoms with Gasteiger partial charge in [0.25, 0.3) is 0 Å². The highest BCUT2D eigenvalue weighted by atomic mass is 28.2. The molecule has 6 heteroatoms. The summed E-state index contributed by atoms with van der Waals surface area (Å²) in [4.78, 5) is 0. The zero-order chi connectivity index (χ0) is 19.3. The molecule has 0 unspecified atom stereocenters. The van der Waals surface area contributed by atoms with E-state index >= 15 is 0 Å². The SMILES string of the molecule is CCCOC(CC[Si]CC[Si]CCC(OCCC)OCCC)OCCC. The van der Waals surface area contributed by atoms with Crippen molar-refractivity contribution in [3.8, 4) is 0 Å². The largest absolute Gasteiger partial charge is 0.353 e. The lowest BCUT2D eigenvalue weighted by atomic mass is 10.4. The van der Waals surface area contributed by atoms with Crippen molar-refractivity contribution in [3.05, 3.63) is 0 Å². The molecule has 0 fully saturated rings. The van der Waals surface area contributed by atoms with E-state index in [0.29, 0.717) is 0 Å². The first-order valence-corrected chi connectivity index (χ1v) is 13.5. The average molecular weight is 403 g/mol. The Morgan fingerprint density at radius 2 is 0.808 bits per heavy atom. The van der Waals surface area contributed by atoms with Crippen LogP contribution in [0.2, 0.25) is 24.2 Å². The molecule has 0 aliphatic heterocycles. The van der Waals surface area contributed by atoms with Gasteiger partial charge in [-0.3, -0.25) is 0 Å². The summed E-state index contributed by atoms with van der Waals surface area (Å²) in [5, 5.41) is 0. The molecule has 0 saturated carbocycles. The van der Waals surface area contributed by atoms with Gasteiger partial charge in [0, 0.05) is 45.5 Å². The van der Waals surface area contributed by atoms with Gasteiger partial charge in [-0.2, -0.15) is 0 Å². The molecule has 0 aromatic heterocycles. The van der Waals surface area contributed by atoms with Crippen LogP contribution in [0, 0.1) is 0 Å². The maximum absolute atomic E-state index is 5.79. The van der Waals surface area contributed by atoms with Crippen LogP contribution in [0.3, 0.4) is 0 Å². The molecule has 4 nitrogen and oxygen atoms in total. The van der Waals surface area contributed by atoms with Crippen molar-refractivity contribution in [2.45, 2.75) is 103 Å². The summed E-state index contributed by atoms with van der Waals surface area (Å²) in [5.74, 6) is 0. The molecule has 4 radical (unpaired) electrons. The van der Waals surface area contributed by atoms with E-state index < -0.39 is 0 Å². The predicted octanol–water partition coefficient (Wildman–Crippen LogP) is 5.21. The fourth-order valence-corrected chi connectivity index (χ4v) is 5.09. The molecule has 0 heterocycles. The Balaban J connectivity index is 3.64. The van der Waals surface area contributed by atoms with Gasteiger partial charge < -0.3 is 18.9 Å². The Hall–Kier alpha value is 0.274. The lowest BCUT2D eigenvalue weighted by molar-refractivity contribution is -0.143. The Morgan fingerprint density at radius 1 is 0.500 bits per heavy atom. The van der Waals surface area contributed by atoms with Gasteiger partial charge in [0.05, 0.1) is 0 Å². The van der Waals surface area contributed by atoms with Crippen LogP contribution in [0.5, 0.6) is 0 Å². The van der Waals surface area contributed by atoms with E-state index in [4.69, 9.17) is 18.9 Å². The highest BCUT2D eigenvalue weighted by Crippen LogP contribution is 2.10. The van der Waals surface area contributed by atoms with Crippen molar-refractivity contribution in [1.29, 1.82) is 0 Å². The molecule has 0 spiro atoms. The van der Waals surface area contributed by atoms with Crippen molar-refractivity contribution >= 4 is 19.0 Å². The number of hydrogen-bond acceptors (Lipinski definition) is 4. The molecule has 0 N–H and O–H groups in total. The third-order valence-corrected chi connectivity index (χ3v) is 6.62. The van der Waals surface area contributed by atoms with Crippen molar-refractivity contribution in [3.63, 3.8) is 0 Å². The van der Waals surface area contributed by atoms with E-state index in [0.717, 1.165) is 84.0 Å². The monoisotopic (exact) mass is 402 g/mol. The first-order valence-electron chi connectivity index (χ1n) is 10.7. The number of rotatable bonds is 21. The van der Waals surface area contributed by atoms with Gasteiger partial charge in [-0.15, -0.1) is 0 Å². The van der Waals surface area contributed by atoms with Crippen LogP contribution in [-0.4, -0.2) is 58.0 Å². The summed E-state index contributed by atoms with van der Waals surface area (Å²) in [6.45, 7) is 11.8. The second kappa shape index (κ2) is 21.6. The normalized spacial score (nSPS) is 11.8. The minimum Gasteiger partial charge on any atom is -0.353 e. The summed E-state index contributed by atoms with van der Waals surface area (Å²) in [6, 6.07) is 5.13. The summed E-state index contributed by atoms with van der Waals surface area (Å²) < 4.78 is 23.1. The molecule has 0 aromatic rings. The van der Waals surface area contributed by atoms with Crippen LogP contribution < -0.4 is 0 Å². The van der Waals surface area contributed by atoms with E-state index in [1.807, 2.05) is 0 Å². The number of ether oxygens (including phenoxy) is 4. The fraction of sp³-hybridized carbons (Fsp3) is 1.00. The van der Waals surface area contributed by atoms with Gasteiger partial charge in [0.1, 0.15) is 0 Å². The van der Waals surface area contributed by atoms with E-state index in [-0.39, 0.29) is 12.6 Å². The average Bonchev–Trinajstić information content (AvgIpc) is 2.66. The van der Waals surface area contributed by atoms with E-state index in [1.165, 1.54) is 24.2 Å². The third-order valence-electron chi connectivity index (χ3n) is 3.62. The quantitative estimate of drug-likeness (QED) is 0.150. The second-order valence-corrected chi connectivity index (χ2v) is 9.42. The summed E-state index contributed by atoms with van der Waals surface area (Å²) in [7, 11) is 2.05. The molecule has 26 heavy (non-hydrogen) atoms. The minimum atomic E-state index is 0.0111. The first kappa shape index (κ1) is 26.3. The zero-order valence-corrected chi connectivity index (χ0v) is 19.7. The minimum absolute atomic E-state index is 0.0111. The van der Waals surface area contributed by atoms with Gasteiger partial charge in [0.15, 0.2) is 12.6 Å². The van der Waals surface area contributed by atoms with Crippen molar-refractivity contribution < 1.29 is 18.9 Å². The van der Waals surface area contributed by atoms with Gasteiger partial charge in [-0.25, -0.2) is 0 Å². The molecule has 0 aromatic carbocycles. The van der Waals surface area contributed by atoms with Gasteiger partial charge >= 0.3 is 0 Å². The summed E-state index contributed by atoms with van der Waals surface area (Å²) in [5.41, 5.74) is 0. The third kappa shape index (κ3) is 17.7. The zero-order valence-electron chi connectivity index (χ0n) is 17.7. The molecule has 0 saturated heterocycles. The molecule has 0 aliphatic rings. The van der Waals surface area contributed by atoms with Crippen molar-refractivity contribution in [2.24, 2.45) is 0 Å². The van der Waals surface area contributed by atoms with Crippen LogP contribution in [-0.2, 0) is 18.9 Å².